The van der Waals surface area contributed by atoms with Crippen LogP contribution in [0.2, 0.25) is 0 Å². The van der Waals surface area contributed by atoms with Gasteiger partial charge in [-0.1, -0.05) is 135 Å². The number of amides is 1. The van der Waals surface area contributed by atoms with Gasteiger partial charge >= 0.3 is 0 Å². The third kappa shape index (κ3) is 21.6. The molecule has 0 radical (unpaired) electrons. The second-order valence-electron chi connectivity index (χ2n) is 13.7. The number of allylic oxidation sites excluding steroid dienone is 2. The van der Waals surface area contributed by atoms with Gasteiger partial charge < -0.3 is 40.3 Å². The molecule has 0 aromatic carbocycles. The Morgan fingerprint density at radius 1 is 0.702 bits per heavy atom. The van der Waals surface area contributed by atoms with E-state index in [-0.39, 0.29) is 12.5 Å². The Morgan fingerprint density at radius 2 is 1.19 bits per heavy atom. The summed E-state index contributed by atoms with van der Waals surface area (Å²) in [6, 6.07) is -0.713. The minimum Gasteiger partial charge on any atom is -0.394 e. The number of carbonyl (C=O) groups is 1. The van der Waals surface area contributed by atoms with E-state index < -0.39 is 49.5 Å². The van der Waals surface area contributed by atoms with Crippen molar-refractivity contribution in [3.8, 4) is 0 Å². The number of unbranched alkanes of at least 4 members (excludes halogenated alkanes) is 19. The van der Waals surface area contributed by atoms with Gasteiger partial charge in [0.2, 0.25) is 5.91 Å². The molecule has 1 amide bonds. The first-order valence-corrected chi connectivity index (χ1v) is 19.4. The zero-order valence-corrected chi connectivity index (χ0v) is 30.0. The van der Waals surface area contributed by atoms with Gasteiger partial charge in [-0.3, -0.25) is 4.79 Å². The van der Waals surface area contributed by atoms with Gasteiger partial charge in [-0.05, 0) is 38.5 Å². The van der Waals surface area contributed by atoms with Gasteiger partial charge in [0.1, 0.15) is 24.4 Å². The van der Waals surface area contributed by atoms with Crippen molar-refractivity contribution in [3.63, 3.8) is 0 Å². The monoisotopic (exact) mass is 672 g/mol. The van der Waals surface area contributed by atoms with Crippen molar-refractivity contribution < 1.29 is 39.8 Å². The summed E-state index contributed by atoms with van der Waals surface area (Å²) in [5.41, 5.74) is 0. The van der Waals surface area contributed by atoms with Gasteiger partial charge in [-0.2, -0.15) is 0 Å². The number of ether oxygens (including phenoxy) is 2. The lowest BCUT2D eigenvalue weighted by Gasteiger charge is -2.40. The molecule has 0 aromatic rings. The predicted molar refractivity (Wildman–Crippen MR) is 189 cm³/mol. The van der Waals surface area contributed by atoms with E-state index >= 15 is 0 Å². The van der Waals surface area contributed by atoms with Crippen LogP contribution in [0.5, 0.6) is 0 Å². The van der Waals surface area contributed by atoms with E-state index in [2.05, 4.69) is 31.3 Å². The number of aliphatic hydroxyl groups is 5. The molecule has 0 aromatic heterocycles. The predicted octanol–water partition coefficient (Wildman–Crippen LogP) is 6.61. The topological polar surface area (TPSA) is 149 Å². The quantitative estimate of drug-likeness (QED) is 0.0357. The molecule has 1 aliphatic heterocycles. The van der Waals surface area contributed by atoms with Gasteiger partial charge in [-0.25, -0.2) is 0 Å². The Labute approximate surface area is 286 Å². The zero-order chi connectivity index (χ0) is 34.5. The Morgan fingerprint density at radius 3 is 1.72 bits per heavy atom. The van der Waals surface area contributed by atoms with Crippen LogP contribution in [-0.2, 0) is 14.3 Å². The highest BCUT2D eigenvalue weighted by molar-refractivity contribution is 5.76. The zero-order valence-electron chi connectivity index (χ0n) is 30.0. The molecule has 0 bridgehead atoms. The smallest absolute Gasteiger partial charge is 0.220 e. The minimum absolute atomic E-state index is 0.139. The molecule has 0 spiro atoms. The van der Waals surface area contributed by atoms with Crippen LogP contribution in [0.1, 0.15) is 168 Å². The van der Waals surface area contributed by atoms with Gasteiger partial charge in [0.15, 0.2) is 6.29 Å². The minimum atomic E-state index is -1.55. The summed E-state index contributed by atoms with van der Waals surface area (Å²) in [4.78, 5) is 12.8. The van der Waals surface area contributed by atoms with E-state index in [9.17, 15) is 30.3 Å². The lowest BCUT2D eigenvalue weighted by atomic mass is 9.99. The van der Waals surface area contributed by atoms with Crippen molar-refractivity contribution in [1.82, 2.24) is 5.32 Å². The third-order valence-corrected chi connectivity index (χ3v) is 9.37. The highest BCUT2D eigenvalue weighted by Gasteiger charge is 2.44. The average molecular weight is 672 g/mol. The maximum Gasteiger partial charge on any atom is 0.220 e. The van der Waals surface area contributed by atoms with Crippen LogP contribution in [0.4, 0.5) is 0 Å². The summed E-state index contributed by atoms with van der Waals surface area (Å²) in [5.74, 6) is -0.155. The van der Waals surface area contributed by atoms with Crippen LogP contribution in [0.25, 0.3) is 0 Å². The second-order valence-corrected chi connectivity index (χ2v) is 13.7. The number of hydrogen-bond donors (Lipinski definition) is 6. The van der Waals surface area contributed by atoms with Crippen molar-refractivity contribution in [1.29, 1.82) is 0 Å². The van der Waals surface area contributed by atoms with Gasteiger partial charge in [0, 0.05) is 6.42 Å². The fraction of sp³-hybridized carbons (Fsp3) is 0.921. The van der Waals surface area contributed by atoms with E-state index in [1.165, 1.54) is 103 Å². The Balaban J connectivity index is 2.30. The molecule has 1 heterocycles. The molecule has 7 atom stereocenters. The van der Waals surface area contributed by atoms with Crippen LogP contribution in [-0.4, -0.2) is 87.5 Å². The molecule has 1 fully saturated rings. The molecule has 1 rings (SSSR count). The Hall–Kier alpha value is -1.07. The van der Waals surface area contributed by atoms with Crippen LogP contribution in [0.3, 0.4) is 0 Å². The summed E-state index contributed by atoms with van der Waals surface area (Å²) < 4.78 is 11.1. The number of nitrogens with one attached hydrogen (secondary N) is 1. The standard InChI is InChI=1S/C38H73NO8/c1-3-5-7-9-11-12-13-14-15-16-17-18-19-20-21-22-24-26-28-34(42)39-31(32(41)27-25-23-10-8-6-4-2)30-46-38-37(45)36(44)35(43)33(29-40)47-38/h15-16,31-33,35-38,40-41,43-45H,3-14,17-30H2,1-2H3,(H,39,42)/b16-15-. The normalized spacial score (nSPS) is 22.9. The van der Waals surface area contributed by atoms with Crippen LogP contribution in [0, 0.1) is 0 Å². The summed E-state index contributed by atoms with van der Waals surface area (Å²) in [5, 5.41) is 53.8. The van der Waals surface area contributed by atoms with E-state index in [0.717, 1.165) is 38.5 Å². The second kappa shape index (κ2) is 29.8. The molecular formula is C38H73NO8. The van der Waals surface area contributed by atoms with Crippen LogP contribution < -0.4 is 5.32 Å². The average Bonchev–Trinajstić information content (AvgIpc) is 3.07. The largest absolute Gasteiger partial charge is 0.394 e. The van der Waals surface area contributed by atoms with E-state index in [4.69, 9.17) is 9.47 Å². The first-order valence-electron chi connectivity index (χ1n) is 19.4. The van der Waals surface area contributed by atoms with Gasteiger partial charge in [0.05, 0.1) is 25.4 Å². The molecule has 6 N–H and O–H groups in total. The Kier molecular flexibility index (Phi) is 27.9. The maximum absolute atomic E-state index is 12.8. The number of hydrogen-bond acceptors (Lipinski definition) is 8. The highest BCUT2D eigenvalue weighted by atomic mass is 16.7. The number of carbonyl (C=O) groups excluding carboxylic acids is 1. The summed E-state index contributed by atoms with van der Waals surface area (Å²) in [6.45, 7) is 3.74. The van der Waals surface area contributed by atoms with E-state index in [0.29, 0.717) is 12.8 Å². The fourth-order valence-electron chi connectivity index (χ4n) is 6.15. The van der Waals surface area contributed by atoms with Crippen molar-refractivity contribution in [2.75, 3.05) is 13.2 Å². The lowest BCUT2D eigenvalue weighted by molar-refractivity contribution is -0.302. The van der Waals surface area contributed by atoms with Gasteiger partial charge in [-0.15, -0.1) is 0 Å². The van der Waals surface area contributed by atoms with Crippen molar-refractivity contribution >= 4 is 5.91 Å². The molecule has 0 saturated carbocycles. The SMILES string of the molecule is CCCCCCCCC/C=C\CCCCCCCCCC(=O)NC(COC1OC(CO)C(O)C(O)C1O)C(O)CCCCCCCC. The first-order chi connectivity index (χ1) is 22.8. The third-order valence-electron chi connectivity index (χ3n) is 9.37. The molecular weight excluding hydrogens is 598 g/mol. The van der Waals surface area contributed by atoms with Crippen molar-refractivity contribution in [3.05, 3.63) is 12.2 Å². The molecule has 7 unspecified atom stereocenters. The summed E-state index contributed by atoms with van der Waals surface area (Å²) in [6.07, 6.45) is 23.9. The Bertz CT molecular complexity index is 751. The molecule has 9 heteroatoms. The lowest BCUT2D eigenvalue weighted by Crippen LogP contribution is -2.60. The molecule has 0 aliphatic carbocycles. The molecule has 1 saturated heterocycles. The van der Waals surface area contributed by atoms with Crippen LogP contribution >= 0.6 is 0 Å². The van der Waals surface area contributed by atoms with E-state index in [1.54, 1.807) is 0 Å². The first kappa shape index (κ1) is 44.0. The molecule has 9 nitrogen and oxygen atoms in total. The number of aliphatic hydroxyl groups excluding tert-OH is 5. The fourth-order valence-corrected chi connectivity index (χ4v) is 6.15. The van der Waals surface area contributed by atoms with Crippen LogP contribution in [0.15, 0.2) is 12.2 Å². The van der Waals surface area contributed by atoms with Crippen molar-refractivity contribution in [2.24, 2.45) is 0 Å². The van der Waals surface area contributed by atoms with E-state index in [1.807, 2.05) is 0 Å². The molecule has 278 valence electrons. The summed E-state index contributed by atoms with van der Waals surface area (Å²) >= 11 is 0. The van der Waals surface area contributed by atoms with Gasteiger partial charge in [0.25, 0.3) is 0 Å². The number of rotatable bonds is 31. The summed E-state index contributed by atoms with van der Waals surface area (Å²) in [7, 11) is 0. The molecule has 47 heavy (non-hydrogen) atoms. The highest BCUT2D eigenvalue weighted by Crippen LogP contribution is 2.23. The molecule has 1 aliphatic rings. The maximum atomic E-state index is 12.8. The van der Waals surface area contributed by atoms with Crippen molar-refractivity contribution in [2.45, 2.75) is 211 Å².